The lowest BCUT2D eigenvalue weighted by Gasteiger charge is -2.16. The average molecular weight is 341 g/mol. The number of likely N-dealkylation sites (tertiary alicyclic amines) is 1. The van der Waals surface area contributed by atoms with Crippen molar-refractivity contribution in [3.63, 3.8) is 0 Å². The molecule has 128 valence electrons. The number of amides is 1. The number of carbonyl (C=O) groups excluding carboxylic acids is 1. The standard InChI is InChI=1S/C15H23N3O4S/c1-10-8-18(5-6-23(2,20)21)9-13(10)16-15(19)12-7-14(22-17-12)11-3-4-11/h7,10-11,13H,3-6,8-9H2,1-2H3,(H,16,19)/t10-,13-/m1/s1. The second-order valence-electron chi connectivity index (χ2n) is 6.84. The van der Waals surface area contributed by atoms with Crippen LogP contribution in [0.3, 0.4) is 0 Å². The summed E-state index contributed by atoms with van der Waals surface area (Å²) >= 11 is 0. The molecule has 1 aromatic heterocycles. The molecule has 1 saturated heterocycles. The van der Waals surface area contributed by atoms with Crippen LogP contribution in [0.5, 0.6) is 0 Å². The van der Waals surface area contributed by atoms with Crippen molar-refractivity contribution in [2.45, 2.75) is 31.7 Å². The summed E-state index contributed by atoms with van der Waals surface area (Å²) in [5.41, 5.74) is 0.327. The van der Waals surface area contributed by atoms with Crippen molar-refractivity contribution >= 4 is 15.7 Å². The maximum absolute atomic E-state index is 12.3. The number of carbonyl (C=O) groups is 1. The van der Waals surface area contributed by atoms with E-state index < -0.39 is 9.84 Å². The lowest BCUT2D eigenvalue weighted by molar-refractivity contribution is 0.0922. The van der Waals surface area contributed by atoms with Crippen LogP contribution in [0.15, 0.2) is 10.6 Å². The monoisotopic (exact) mass is 341 g/mol. The molecule has 2 aliphatic rings. The largest absolute Gasteiger partial charge is 0.360 e. The molecule has 2 atom stereocenters. The summed E-state index contributed by atoms with van der Waals surface area (Å²) in [7, 11) is -2.96. The first-order valence-corrected chi connectivity index (χ1v) is 10.1. The van der Waals surface area contributed by atoms with E-state index in [1.54, 1.807) is 6.07 Å². The Labute approximate surface area is 136 Å². The second kappa shape index (κ2) is 6.24. The van der Waals surface area contributed by atoms with Gasteiger partial charge in [0.2, 0.25) is 0 Å². The number of aromatic nitrogens is 1. The van der Waals surface area contributed by atoms with Gasteiger partial charge in [-0.3, -0.25) is 9.69 Å². The normalized spacial score (nSPS) is 25.7. The van der Waals surface area contributed by atoms with Gasteiger partial charge in [-0.05, 0) is 18.8 Å². The van der Waals surface area contributed by atoms with Crippen LogP contribution >= 0.6 is 0 Å². The number of sulfone groups is 1. The summed E-state index contributed by atoms with van der Waals surface area (Å²) in [5, 5.41) is 6.84. The molecular weight excluding hydrogens is 318 g/mol. The second-order valence-corrected chi connectivity index (χ2v) is 9.10. The third kappa shape index (κ3) is 4.32. The lowest BCUT2D eigenvalue weighted by atomic mass is 10.1. The SMILES string of the molecule is C[C@@H]1CN(CCS(C)(=O)=O)C[C@H]1NC(=O)c1cc(C2CC2)on1. The van der Waals surface area contributed by atoms with Gasteiger partial charge in [0.15, 0.2) is 5.69 Å². The zero-order chi connectivity index (χ0) is 16.6. The van der Waals surface area contributed by atoms with Gasteiger partial charge in [0.05, 0.1) is 5.75 Å². The fraction of sp³-hybridized carbons (Fsp3) is 0.733. The van der Waals surface area contributed by atoms with Crippen LogP contribution in [0.4, 0.5) is 0 Å². The number of nitrogens with zero attached hydrogens (tertiary/aromatic N) is 2. The molecule has 2 heterocycles. The first kappa shape index (κ1) is 16.4. The van der Waals surface area contributed by atoms with Crippen molar-refractivity contribution in [2.75, 3.05) is 31.6 Å². The van der Waals surface area contributed by atoms with E-state index in [0.29, 0.717) is 24.7 Å². The molecule has 0 aromatic carbocycles. The highest BCUT2D eigenvalue weighted by atomic mass is 32.2. The Kier molecular flexibility index (Phi) is 4.46. The van der Waals surface area contributed by atoms with Crippen LogP contribution in [-0.4, -0.2) is 62.1 Å². The number of rotatable bonds is 6. The van der Waals surface area contributed by atoms with Gasteiger partial charge >= 0.3 is 0 Å². The first-order chi connectivity index (χ1) is 10.8. The number of hydrogen-bond donors (Lipinski definition) is 1. The topological polar surface area (TPSA) is 92.5 Å². The molecule has 1 aliphatic heterocycles. The van der Waals surface area contributed by atoms with Crippen LogP contribution in [-0.2, 0) is 9.84 Å². The molecule has 1 aliphatic carbocycles. The lowest BCUT2D eigenvalue weighted by Crippen LogP contribution is -2.40. The molecule has 1 amide bonds. The van der Waals surface area contributed by atoms with E-state index in [2.05, 4.69) is 22.3 Å². The Morgan fingerprint density at radius 2 is 2.17 bits per heavy atom. The van der Waals surface area contributed by atoms with E-state index in [1.807, 2.05) is 0 Å². The molecule has 0 unspecified atom stereocenters. The Bertz CT molecular complexity index is 681. The fourth-order valence-electron chi connectivity index (χ4n) is 2.93. The Morgan fingerprint density at radius 1 is 1.43 bits per heavy atom. The molecule has 0 spiro atoms. The highest BCUT2D eigenvalue weighted by Crippen LogP contribution is 2.40. The summed E-state index contributed by atoms with van der Waals surface area (Å²) in [5.74, 6) is 1.43. The first-order valence-electron chi connectivity index (χ1n) is 7.99. The molecule has 8 heteroatoms. The molecule has 3 rings (SSSR count). The van der Waals surface area contributed by atoms with Crippen molar-refractivity contribution in [1.82, 2.24) is 15.4 Å². The van der Waals surface area contributed by atoms with Gasteiger partial charge in [0, 0.05) is 43.9 Å². The zero-order valence-electron chi connectivity index (χ0n) is 13.5. The highest BCUT2D eigenvalue weighted by molar-refractivity contribution is 7.90. The van der Waals surface area contributed by atoms with Crippen LogP contribution < -0.4 is 5.32 Å². The third-order valence-corrected chi connectivity index (χ3v) is 5.45. The Balaban J connectivity index is 1.53. The van der Waals surface area contributed by atoms with Gasteiger partial charge in [-0.15, -0.1) is 0 Å². The molecule has 2 fully saturated rings. The summed E-state index contributed by atoms with van der Waals surface area (Å²) < 4.78 is 27.7. The van der Waals surface area contributed by atoms with Gasteiger partial charge in [-0.25, -0.2) is 8.42 Å². The molecule has 1 aromatic rings. The molecule has 1 saturated carbocycles. The van der Waals surface area contributed by atoms with Gasteiger partial charge in [0.25, 0.3) is 5.91 Å². The Hall–Kier alpha value is -1.41. The van der Waals surface area contributed by atoms with E-state index in [1.165, 1.54) is 6.26 Å². The Morgan fingerprint density at radius 3 is 2.83 bits per heavy atom. The van der Waals surface area contributed by atoms with Crippen molar-refractivity contribution in [2.24, 2.45) is 5.92 Å². The van der Waals surface area contributed by atoms with Gasteiger partial charge < -0.3 is 9.84 Å². The van der Waals surface area contributed by atoms with Crippen LogP contribution in [0, 0.1) is 5.92 Å². The molecule has 0 bridgehead atoms. The minimum Gasteiger partial charge on any atom is -0.360 e. The maximum Gasteiger partial charge on any atom is 0.273 e. The summed E-state index contributed by atoms with van der Waals surface area (Å²) in [6.07, 6.45) is 3.45. The van der Waals surface area contributed by atoms with Crippen molar-refractivity contribution in [1.29, 1.82) is 0 Å². The number of hydrogen-bond acceptors (Lipinski definition) is 6. The summed E-state index contributed by atoms with van der Waals surface area (Å²) in [6, 6.07) is 1.73. The predicted molar refractivity (Wildman–Crippen MR) is 85.0 cm³/mol. The van der Waals surface area contributed by atoms with Crippen molar-refractivity contribution < 1.29 is 17.7 Å². The predicted octanol–water partition coefficient (Wildman–Crippen LogP) is 0.647. The third-order valence-electron chi connectivity index (χ3n) is 4.52. The minimum absolute atomic E-state index is 0.00290. The fourth-order valence-corrected chi connectivity index (χ4v) is 3.52. The van der Waals surface area contributed by atoms with Crippen molar-refractivity contribution in [3.05, 3.63) is 17.5 Å². The highest BCUT2D eigenvalue weighted by Gasteiger charge is 2.33. The van der Waals surface area contributed by atoms with Gasteiger partial charge in [-0.1, -0.05) is 12.1 Å². The maximum atomic E-state index is 12.3. The molecule has 1 N–H and O–H groups in total. The van der Waals surface area contributed by atoms with E-state index in [4.69, 9.17) is 4.52 Å². The molecule has 7 nitrogen and oxygen atoms in total. The van der Waals surface area contributed by atoms with Gasteiger partial charge in [0.1, 0.15) is 15.6 Å². The van der Waals surface area contributed by atoms with Crippen LogP contribution in [0.1, 0.15) is 41.9 Å². The van der Waals surface area contributed by atoms with E-state index in [9.17, 15) is 13.2 Å². The molecule has 0 radical (unpaired) electrons. The van der Waals surface area contributed by atoms with Crippen LogP contribution in [0.25, 0.3) is 0 Å². The van der Waals surface area contributed by atoms with E-state index in [-0.39, 0.29) is 23.6 Å². The summed E-state index contributed by atoms with van der Waals surface area (Å²) in [4.78, 5) is 14.4. The van der Waals surface area contributed by atoms with Gasteiger partial charge in [-0.2, -0.15) is 0 Å². The quantitative estimate of drug-likeness (QED) is 0.816. The minimum atomic E-state index is -2.96. The molecular formula is C15H23N3O4S. The smallest absolute Gasteiger partial charge is 0.273 e. The van der Waals surface area contributed by atoms with E-state index >= 15 is 0 Å². The summed E-state index contributed by atoms with van der Waals surface area (Å²) in [6.45, 7) is 4.01. The van der Waals surface area contributed by atoms with Crippen LogP contribution in [0.2, 0.25) is 0 Å². The zero-order valence-corrected chi connectivity index (χ0v) is 14.3. The van der Waals surface area contributed by atoms with Crippen molar-refractivity contribution in [3.8, 4) is 0 Å². The van der Waals surface area contributed by atoms with E-state index in [0.717, 1.165) is 25.1 Å². The molecule has 23 heavy (non-hydrogen) atoms. The average Bonchev–Trinajstić information content (AvgIpc) is 3.08. The number of nitrogens with one attached hydrogen (secondary N) is 1.